The van der Waals surface area contributed by atoms with Gasteiger partial charge in [0.2, 0.25) is 0 Å². The van der Waals surface area contributed by atoms with Crippen LogP contribution < -0.4 is 0 Å². The standard InChI is InChI=1S/2C17H26O3.C12H19O2P.CH4.H2/c2*1-14(18)9-5-4-7-11-16-13-15(16)10-6-2-3-8-12-17(19)20;1-10(14-15)5-3-2-4-6-11-9-12(11)7-8-13;;/h2*2,4-7,9,14-16,18H,3,8,10-13H2,1H3,(H,19,20);2-5,8,10-12H,6-7,9,15H2,1H3;1H4;1H/b2*6-2-,7-4-,9-5+;4-2-,5-3+;;/t2*14?,15-,16-;10?,11-,12-;;/m111../s1/i;;;;1+2. The molecule has 56 heavy (non-hydrogen) atoms. The van der Waals surface area contributed by atoms with E-state index in [1.165, 1.54) is 19.3 Å². The number of carboxylic acids is 2. The molecule has 9 heteroatoms. The Hall–Kier alpha value is -3.16. The Labute approximate surface area is 343 Å². The second kappa shape index (κ2) is 33.9. The monoisotopic (exact) mass is 803 g/mol. The summed E-state index contributed by atoms with van der Waals surface area (Å²) in [6.07, 6.45) is 46.8. The molecule has 3 fully saturated rings. The van der Waals surface area contributed by atoms with E-state index in [2.05, 4.69) is 58.1 Å². The minimum Gasteiger partial charge on any atom is -0.481 e. The van der Waals surface area contributed by atoms with Crippen molar-refractivity contribution in [3.05, 3.63) is 97.2 Å². The van der Waals surface area contributed by atoms with Crippen molar-refractivity contribution in [1.29, 1.82) is 0 Å². The van der Waals surface area contributed by atoms with Crippen LogP contribution in [0, 0.1) is 35.5 Å². The maximum Gasteiger partial charge on any atom is 0.303 e. The van der Waals surface area contributed by atoms with Gasteiger partial charge in [0.1, 0.15) is 6.29 Å². The Morgan fingerprint density at radius 2 is 0.929 bits per heavy atom. The number of carbonyl (C=O) groups excluding carboxylic acids is 1. The molecule has 0 aromatic rings. The van der Waals surface area contributed by atoms with Crippen LogP contribution in [0.4, 0.5) is 0 Å². The largest absolute Gasteiger partial charge is 0.481 e. The molecule has 0 aliphatic heterocycles. The zero-order chi connectivity index (χ0) is 40.7. The highest BCUT2D eigenvalue weighted by Gasteiger charge is 2.35. The highest BCUT2D eigenvalue weighted by molar-refractivity contribution is 7.09. The van der Waals surface area contributed by atoms with Gasteiger partial charge in [-0.3, -0.25) is 9.59 Å². The van der Waals surface area contributed by atoms with Crippen molar-refractivity contribution in [3.8, 4) is 0 Å². The molecule has 3 aliphatic carbocycles. The van der Waals surface area contributed by atoms with Gasteiger partial charge in [-0.1, -0.05) is 105 Å². The van der Waals surface area contributed by atoms with Crippen LogP contribution in [-0.4, -0.2) is 57.0 Å². The second-order valence-corrected chi connectivity index (χ2v) is 15.4. The third-order valence-electron chi connectivity index (χ3n) is 9.77. The number of carboxylic acid groups (broad SMARTS) is 2. The third-order valence-corrected chi connectivity index (χ3v) is 10.2. The average Bonchev–Trinajstić information content (AvgIpc) is 4.07. The van der Waals surface area contributed by atoms with Gasteiger partial charge in [0.15, 0.2) is 0 Å². The van der Waals surface area contributed by atoms with Crippen molar-refractivity contribution in [1.82, 2.24) is 0 Å². The summed E-state index contributed by atoms with van der Waals surface area (Å²) in [4.78, 5) is 30.9. The van der Waals surface area contributed by atoms with E-state index in [4.69, 9.17) is 24.9 Å². The lowest BCUT2D eigenvalue weighted by molar-refractivity contribution is -0.138. The molecule has 4 unspecified atom stereocenters. The number of aliphatic hydroxyl groups is 2. The first-order chi connectivity index (χ1) is 26.5. The first-order valence-corrected chi connectivity index (χ1v) is 20.8. The molecule has 3 aliphatic rings. The van der Waals surface area contributed by atoms with Crippen molar-refractivity contribution in [2.45, 2.75) is 143 Å². The minimum atomic E-state index is -0.711. The Kier molecular flexibility index (Phi) is 32.0. The van der Waals surface area contributed by atoms with Crippen molar-refractivity contribution in [2.24, 2.45) is 35.5 Å². The van der Waals surface area contributed by atoms with Gasteiger partial charge in [-0.05, 0) is 133 Å². The SMILES string of the molecule is C.CC(/C=C/C=C\C[C@@H]1C[C@H]1CC=O)OP.CC(O)/C=C/C=C\C[C@@H]1C[C@H]1C/C=C\CCCC(=O)O.CC(O)/C=C/C=C\C[C@@H]1C[C@H]1C/C=C\CCCC(=O)O.[3HH]. The van der Waals surface area contributed by atoms with E-state index in [1.807, 2.05) is 43.4 Å². The Morgan fingerprint density at radius 3 is 1.25 bits per heavy atom. The van der Waals surface area contributed by atoms with E-state index in [1.54, 1.807) is 26.0 Å². The number of carbonyl (C=O) groups is 3. The fourth-order valence-corrected chi connectivity index (χ4v) is 6.11. The van der Waals surface area contributed by atoms with Crippen LogP contribution in [0.2, 0.25) is 0 Å². The first-order valence-electron chi connectivity index (χ1n) is 20.3. The summed E-state index contributed by atoms with van der Waals surface area (Å²) in [5, 5.41) is 35.1. The molecular formula is C47H77O8P. The predicted molar refractivity (Wildman–Crippen MR) is 237 cm³/mol. The number of hydrogen-bond acceptors (Lipinski definition) is 6. The zero-order valence-corrected chi connectivity index (χ0v) is 34.8. The summed E-state index contributed by atoms with van der Waals surface area (Å²) in [5.74, 6) is 3.19. The van der Waals surface area contributed by atoms with Gasteiger partial charge in [-0.15, -0.1) is 0 Å². The van der Waals surface area contributed by atoms with E-state index in [9.17, 15) is 14.4 Å². The van der Waals surface area contributed by atoms with Gasteiger partial charge < -0.3 is 29.7 Å². The molecule has 0 amide bonds. The van der Waals surface area contributed by atoms with Crippen LogP contribution in [0.1, 0.15) is 126 Å². The van der Waals surface area contributed by atoms with Gasteiger partial charge in [-0.2, -0.15) is 0 Å². The number of aldehydes is 1. The van der Waals surface area contributed by atoms with Crippen molar-refractivity contribution >= 4 is 27.7 Å². The van der Waals surface area contributed by atoms with E-state index < -0.39 is 11.9 Å². The summed E-state index contributed by atoms with van der Waals surface area (Å²) in [7, 11) is 2.25. The summed E-state index contributed by atoms with van der Waals surface area (Å²) in [6.45, 7) is 5.46. The Balaban J connectivity index is 0. The maximum absolute atomic E-state index is 10.3. The van der Waals surface area contributed by atoms with Gasteiger partial charge in [0.25, 0.3) is 0 Å². The fraction of sp³-hybridized carbons (Fsp3) is 0.596. The first kappa shape index (κ1) is 52.8. The van der Waals surface area contributed by atoms with Crippen molar-refractivity contribution in [2.75, 3.05) is 0 Å². The Morgan fingerprint density at radius 1 is 0.589 bits per heavy atom. The molecule has 0 heterocycles. The molecule has 4 N–H and O–H groups in total. The predicted octanol–water partition coefficient (Wildman–Crippen LogP) is 11.2. The highest BCUT2D eigenvalue weighted by atomic mass is 31.0. The molecule has 0 aromatic heterocycles. The molecule has 10 atom stereocenters. The maximum atomic E-state index is 10.3. The summed E-state index contributed by atoms with van der Waals surface area (Å²) in [5.41, 5.74) is 0. The molecule has 0 aromatic carbocycles. The lowest BCUT2D eigenvalue weighted by Gasteiger charge is -1.98. The number of allylic oxidation sites excluding steroid dienone is 13. The highest BCUT2D eigenvalue weighted by Crippen LogP contribution is 2.45. The van der Waals surface area contributed by atoms with Gasteiger partial charge in [0, 0.05) is 30.2 Å². The number of unbranched alkanes of at least 4 members (excludes halogenated alkanes) is 2. The van der Waals surface area contributed by atoms with Gasteiger partial charge in [0.05, 0.1) is 18.3 Å². The van der Waals surface area contributed by atoms with Crippen LogP contribution in [0.3, 0.4) is 0 Å². The average molecular weight is 803 g/mol. The molecule has 3 saturated carbocycles. The van der Waals surface area contributed by atoms with Crippen LogP contribution in [0.15, 0.2) is 97.2 Å². The number of hydrogen-bond donors (Lipinski definition) is 4. The van der Waals surface area contributed by atoms with E-state index in [-0.39, 0.29) is 40.0 Å². The fourth-order valence-electron chi connectivity index (χ4n) is 6.02. The molecule has 0 saturated heterocycles. The molecule has 0 spiro atoms. The van der Waals surface area contributed by atoms with E-state index in [0.29, 0.717) is 5.92 Å². The smallest absolute Gasteiger partial charge is 0.303 e. The summed E-state index contributed by atoms with van der Waals surface area (Å²) < 4.78 is 5.00. The number of rotatable bonds is 27. The van der Waals surface area contributed by atoms with E-state index >= 15 is 0 Å². The molecule has 3 rings (SSSR count). The zero-order valence-electron chi connectivity index (χ0n) is 33.6. The van der Waals surface area contributed by atoms with Crippen LogP contribution in [0.25, 0.3) is 0 Å². The lowest BCUT2D eigenvalue weighted by atomic mass is 10.1. The minimum absolute atomic E-state index is 0. The van der Waals surface area contributed by atoms with Crippen LogP contribution in [0.5, 0.6) is 0 Å². The third kappa shape index (κ3) is 33.0. The second-order valence-electron chi connectivity index (χ2n) is 15.1. The molecule has 8 nitrogen and oxygen atoms in total. The normalized spacial score (nSPS) is 24.4. The number of aliphatic carboxylic acids is 2. The van der Waals surface area contributed by atoms with Gasteiger partial charge in [-0.25, -0.2) is 0 Å². The summed E-state index contributed by atoms with van der Waals surface area (Å²) in [6, 6.07) is 0. The van der Waals surface area contributed by atoms with Crippen molar-refractivity contribution < 1.29 is 40.8 Å². The van der Waals surface area contributed by atoms with Gasteiger partial charge >= 0.3 is 11.9 Å². The quantitative estimate of drug-likeness (QED) is 0.0211. The molecule has 0 bridgehead atoms. The van der Waals surface area contributed by atoms with Crippen LogP contribution >= 0.6 is 9.47 Å². The Bertz CT molecular complexity index is 1230. The van der Waals surface area contributed by atoms with E-state index in [0.717, 1.165) is 100 Å². The van der Waals surface area contributed by atoms with Crippen LogP contribution in [-0.2, 0) is 18.9 Å². The molecule has 318 valence electrons. The summed E-state index contributed by atoms with van der Waals surface area (Å²) >= 11 is 0. The number of aliphatic hydroxyl groups excluding tert-OH is 2. The molecule has 0 radical (unpaired) electrons. The lowest BCUT2D eigenvalue weighted by Crippen LogP contribution is -1.93. The van der Waals surface area contributed by atoms with Crippen molar-refractivity contribution in [3.63, 3.8) is 0 Å². The topological polar surface area (TPSA) is 141 Å². The molecular weight excluding hydrogens is 723 g/mol.